The highest BCUT2D eigenvalue weighted by molar-refractivity contribution is 5.94. The second kappa shape index (κ2) is 7.13. The predicted molar refractivity (Wildman–Crippen MR) is 96.7 cm³/mol. The van der Waals surface area contributed by atoms with E-state index in [1.165, 1.54) is 10.6 Å². The molecule has 1 fully saturated rings. The zero-order valence-electron chi connectivity index (χ0n) is 14.9. The van der Waals surface area contributed by atoms with E-state index in [4.69, 9.17) is 4.74 Å². The van der Waals surface area contributed by atoms with E-state index in [0.717, 1.165) is 24.2 Å². The van der Waals surface area contributed by atoms with E-state index < -0.39 is 0 Å². The fraction of sp³-hybridized carbons (Fsp3) is 0.400. The summed E-state index contributed by atoms with van der Waals surface area (Å²) in [5.74, 6) is 1.25. The van der Waals surface area contributed by atoms with Crippen LogP contribution < -0.4 is 10.3 Å². The number of benzene rings is 1. The van der Waals surface area contributed by atoms with Gasteiger partial charge in [0.05, 0.1) is 7.11 Å². The van der Waals surface area contributed by atoms with Crippen LogP contribution in [0.3, 0.4) is 0 Å². The van der Waals surface area contributed by atoms with Crippen molar-refractivity contribution in [1.29, 1.82) is 0 Å². The normalized spacial score (nSPS) is 14.8. The highest BCUT2D eigenvalue weighted by atomic mass is 16.5. The number of carbonyl (C=O) groups excluding carboxylic acids is 1. The number of hydrogen-bond donors (Lipinski definition) is 0. The Hall–Kier alpha value is -2.56. The number of amides is 1. The average molecular weight is 340 g/mol. The van der Waals surface area contributed by atoms with E-state index >= 15 is 0 Å². The van der Waals surface area contributed by atoms with Crippen LogP contribution in [-0.4, -0.2) is 28.5 Å². The van der Waals surface area contributed by atoms with Crippen molar-refractivity contribution in [2.75, 3.05) is 7.11 Å². The molecule has 1 aromatic carbocycles. The molecular formula is C20H24N2O3. The van der Waals surface area contributed by atoms with Crippen molar-refractivity contribution in [2.24, 2.45) is 13.0 Å². The number of aromatic nitrogens is 1. The number of carbonyl (C=O) groups is 1. The Kier molecular flexibility index (Phi) is 4.93. The number of methoxy groups -OCH3 is 1. The maximum atomic E-state index is 13.1. The van der Waals surface area contributed by atoms with Crippen LogP contribution in [0.2, 0.25) is 0 Å². The molecule has 0 aliphatic heterocycles. The van der Waals surface area contributed by atoms with Crippen LogP contribution in [0.1, 0.15) is 35.7 Å². The van der Waals surface area contributed by atoms with E-state index in [1.54, 1.807) is 26.4 Å². The Morgan fingerprint density at radius 3 is 2.52 bits per heavy atom. The number of ether oxygens (including phenoxy) is 1. The molecule has 0 radical (unpaired) electrons. The molecule has 1 unspecified atom stereocenters. The SMILES string of the molecule is COc1ccc(CN(C(=O)c2ccn(C)c(=O)c2)C(C)C2CC2)cc1. The molecule has 0 saturated heterocycles. The third-order valence-corrected chi connectivity index (χ3v) is 4.92. The molecule has 0 N–H and O–H groups in total. The van der Waals surface area contributed by atoms with E-state index in [9.17, 15) is 9.59 Å². The zero-order valence-corrected chi connectivity index (χ0v) is 14.9. The van der Waals surface area contributed by atoms with Crippen LogP contribution in [0.25, 0.3) is 0 Å². The highest BCUT2D eigenvalue weighted by Crippen LogP contribution is 2.36. The lowest BCUT2D eigenvalue weighted by Crippen LogP contribution is -2.40. The van der Waals surface area contributed by atoms with Gasteiger partial charge in [-0.2, -0.15) is 0 Å². The van der Waals surface area contributed by atoms with E-state index in [1.807, 2.05) is 29.2 Å². The van der Waals surface area contributed by atoms with Gasteiger partial charge in [0.25, 0.3) is 11.5 Å². The fourth-order valence-corrected chi connectivity index (χ4v) is 3.01. The quantitative estimate of drug-likeness (QED) is 0.812. The smallest absolute Gasteiger partial charge is 0.254 e. The first-order valence-corrected chi connectivity index (χ1v) is 8.60. The molecule has 2 aromatic rings. The van der Waals surface area contributed by atoms with Gasteiger partial charge in [-0.25, -0.2) is 0 Å². The maximum absolute atomic E-state index is 13.1. The molecule has 1 amide bonds. The number of hydrogen-bond acceptors (Lipinski definition) is 3. The number of pyridine rings is 1. The van der Waals surface area contributed by atoms with Crippen molar-refractivity contribution in [3.8, 4) is 5.75 Å². The molecular weight excluding hydrogens is 316 g/mol. The van der Waals surface area contributed by atoms with Crippen LogP contribution in [0.15, 0.2) is 47.4 Å². The van der Waals surface area contributed by atoms with Crippen molar-refractivity contribution < 1.29 is 9.53 Å². The van der Waals surface area contributed by atoms with Gasteiger partial charge in [-0.15, -0.1) is 0 Å². The van der Waals surface area contributed by atoms with E-state index in [0.29, 0.717) is 18.0 Å². The number of nitrogens with zero attached hydrogens (tertiary/aromatic N) is 2. The third-order valence-electron chi connectivity index (χ3n) is 4.92. The molecule has 1 atom stereocenters. The van der Waals surface area contributed by atoms with Gasteiger partial charge in [0, 0.05) is 37.5 Å². The summed E-state index contributed by atoms with van der Waals surface area (Å²) in [6, 6.07) is 11.0. The number of rotatable bonds is 6. The Balaban J connectivity index is 1.86. The Morgan fingerprint density at radius 1 is 1.28 bits per heavy atom. The molecule has 1 aliphatic rings. The second-order valence-corrected chi connectivity index (χ2v) is 6.72. The molecule has 1 heterocycles. The molecule has 1 saturated carbocycles. The van der Waals surface area contributed by atoms with E-state index in [-0.39, 0.29) is 17.5 Å². The summed E-state index contributed by atoms with van der Waals surface area (Å²) in [5.41, 5.74) is 1.32. The lowest BCUT2D eigenvalue weighted by atomic mass is 10.1. The van der Waals surface area contributed by atoms with E-state index in [2.05, 4.69) is 6.92 Å². The standard InChI is InChI=1S/C20H24N2O3/c1-14(16-6-7-16)22(13-15-4-8-18(25-3)9-5-15)20(24)17-10-11-21(2)19(23)12-17/h4-5,8-12,14,16H,6-7,13H2,1-3H3. The highest BCUT2D eigenvalue weighted by Gasteiger charge is 2.34. The molecule has 5 nitrogen and oxygen atoms in total. The summed E-state index contributed by atoms with van der Waals surface area (Å²) in [4.78, 5) is 26.8. The summed E-state index contributed by atoms with van der Waals surface area (Å²) >= 11 is 0. The van der Waals surface area contributed by atoms with Gasteiger partial charge in [-0.05, 0) is 49.4 Å². The Morgan fingerprint density at radius 2 is 1.96 bits per heavy atom. The van der Waals surface area contributed by atoms with Gasteiger partial charge in [0.2, 0.25) is 0 Å². The molecule has 25 heavy (non-hydrogen) atoms. The van der Waals surface area contributed by atoms with Crippen molar-refractivity contribution in [1.82, 2.24) is 9.47 Å². The van der Waals surface area contributed by atoms with Gasteiger partial charge in [-0.1, -0.05) is 12.1 Å². The topological polar surface area (TPSA) is 51.5 Å². The Labute approximate surface area is 147 Å². The predicted octanol–water partition coefficient (Wildman–Crippen LogP) is 2.83. The van der Waals surface area contributed by atoms with Crippen LogP contribution in [0.5, 0.6) is 5.75 Å². The van der Waals surface area contributed by atoms with Gasteiger partial charge in [0.15, 0.2) is 0 Å². The first-order chi connectivity index (χ1) is 12.0. The van der Waals surface area contributed by atoms with Crippen molar-refractivity contribution in [3.63, 3.8) is 0 Å². The van der Waals surface area contributed by atoms with Crippen LogP contribution in [0, 0.1) is 5.92 Å². The van der Waals surface area contributed by atoms with Crippen molar-refractivity contribution in [2.45, 2.75) is 32.4 Å². The molecule has 3 rings (SSSR count). The minimum Gasteiger partial charge on any atom is -0.497 e. The monoisotopic (exact) mass is 340 g/mol. The van der Waals surface area contributed by atoms with Crippen LogP contribution >= 0.6 is 0 Å². The van der Waals surface area contributed by atoms with Crippen LogP contribution in [0.4, 0.5) is 0 Å². The van der Waals surface area contributed by atoms with Gasteiger partial charge < -0.3 is 14.2 Å². The first kappa shape index (κ1) is 17.3. The molecule has 0 bridgehead atoms. The molecule has 1 aromatic heterocycles. The van der Waals surface area contributed by atoms with Gasteiger partial charge in [0.1, 0.15) is 5.75 Å². The summed E-state index contributed by atoms with van der Waals surface area (Å²) in [6.07, 6.45) is 3.96. The maximum Gasteiger partial charge on any atom is 0.254 e. The first-order valence-electron chi connectivity index (χ1n) is 8.60. The summed E-state index contributed by atoms with van der Waals surface area (Å²) in [6.45, 7) is 2.62. The minimum absolute atomic E-state index is 0.0899. The van der Waals surface area contributed by atoms with Gasteiger partial charge >= 0.3 is 0 Å². The summed E-state index contributed by atoms with van der Waals surface area (Å²) in [7, 11) is 3.31. The average Bonchev–Trinajstić information content (AvgIpc) is 3.46. The van der Waals surface area contributed by atoms with Crippen molar-refractivity contribution >= 4 is 5.91 Å². The lowest BCUT2D eigenvalue weighted by molar-refractivity contribution is 0.0654. The lowest BCUT2D eigenvalue weighted by Gasteiger charge is -2.30. The van der Waals surface area contributed by atoms with Crippen LogP contribution in [-0.2, 0) is 13.6 Å². The zero-order chi connectivity index (χ0) is 18.0. The largest absolute Gasteiger partial charge is 0.497 e. The summed E-state index contributed by atoms with van der Waals surface area (Å²) < 4.78 is 6.66. The fourth-order valence-electron chi connectivity index (χ4n) is 3.01. The van der Waals surface area contributed by atoms with Gasteiger partial charge in [-0.3, -0.25) is 9.59 Å². The molecule has 1 aliphatic carbocycles. The van der Waals surface area contributed by atoms with Crippen molar-refractivity contribution in [3.05, 3.63) is 64.1 Å². The Bertz CT molecular complexity index is 806. The summed E-state index contributed by atoms with van der Waals surface area (Å²) in [5, 5.41) is 0. The number of aryl methyl sites for hydroxylation is 1. The molecule has 132 valence electrons. The minimum atomic E-state index is -0.172. The molecule has 0 spiro atoms. The second-order valence-electron chi connectivity index (χ2n) is 6.72. The third kappa shape index (κ3) is 3.92. The molecule has 5 heteroatoms.